The van der Waals surface area contributed by atoms with Gasteiger partial charge in [-0.1, -0.05) is 25.7 Å². The first-order chi connectivity index (χ1) is 8.22. The summed E-state index contributed by atoms with van der Waals surface area (Å²) in [6.45, 7) is 0.772. The molecule has 0 aromatic rings. The molecule has 100 valence electrons. The van der Waals surface area contributed by atoms with Crippen molar-refractivity contribution < 1.29 is 9.84 Å². The van der Waals surface area contributed by atoms with Gasteiger partial charge in [-0.25, -0.2) is 0 Å². The Morgan fingerprint density at radius 1 is 1.18 bits per heavy atom. The molecule has 0 spiro atoms. The van der Waals surface area contributed by atoms with Crippen LogP contribution in [0, 0.1) is 0 Å². The number of aliphatic hydroxyl groups is 1. The van der Waals surface area contributed by atoms with Crippen molar-refractivity contribution >= 4 is 0 Å². The average molecular weight is 241 g/mol. The molecule has 0 aromatic carbocycles. The second kappa shape index (κ2) is 6.17. The van der Waals surface area contributed by atoms with Crippen molar-refractivity contribution in [2.24, 2.45) is 0 Å². The van der Waals surface area contributed by atoms with E-state index in [9.17, 15) is 5.11 Å². The van der Waals surface area contributed by atoms with E-state index in [1.807, 2.05) is 0 Å². The number of nitrogens with one attached hydrogen (secondary N) is 1. The summed E-state index contributed by atoms with van der Waals surface area (Å²) in [5.74, 6) is 0. The van der Waals surface area contributed by atoms with Gasteiger partial charge in [0, 0.05) is 19.7 Å². The van der Waals surface area contributed by atoms with Gasteiger partial charge >= 0.3 is 0 Å². The van der Waals surface area contributed by atoms with Crippen LogP contribution in [-0.2, 0) is 4.74 Å². The molecule has 0 aromatic heterocycles. The van der Waals surface area contributed by atoms with Crippen molar-refractivity contribution in [3.8, 4) is 0 Å². The van der Waals surface area contributed by atoms with Gasteiger partial charge in [-0.3, -0.25) is 0 Å². The molecule has 0 heterocycles. The lowest BCUT2D eigenvalue weighted by Gasteiger charge is -2.28. The van der Waals surface area contributed by atoms with Crippen LogP contribution in [0.2, 0.25) is 0 Å². The molecule has 2 N–H and O–H groups in total. The van der Waals surface area contributed by atoms with Gasteiger partial charge in [0.15, 0.2) is 0 Å². The first-order valence-corrected chi connectivity index (χ1v) is 7.20. The summed E-state index contributed by atoms with van der Waals surface area (Å²) < 4.78 is 5.38. The minimum absolute atomic E-state index is 0.427. The third-order valence-corrected chi connectivity index (χ3v) is 4.47. The number of ether oxygens (including phenoxy) is 1. The van der Waals surface area contributed by atoms with Gasteiger partial charge < -0.3 is 15.2 Å². The van der Waals surface area contributed by atoms with Crippen molar-refractivity contribution in [3.05, 3.63) is 0 Å². The lowest BCUT2D eigenvalue weighted by atomic mass is 9.94. The zero-order valence-electron chi connectivity index (χ0n) is 11.1. The zero-order valence-corrected chi connectivity index (χ0v) is 11.1. The summed E-state index contributed by atoms with van der Waals surface area (Å²) in [5.41, 5.74) is -0.443. The van der Waals surface area contributed by atoms with Gasteiger partial charge in [-0.2, -0.15) is 0 Å². The second-order valence-corrected chi connectivity index (χ2v) is 5.89. The van der Waals surface area contributed by atoms with E-state index in [0.717, 1.165) is 32.2 Å². The van der Waals surface area contributed by atoms with E-state index in [1.54, 1.807) is 7.11 Å². The first-order valence-electron chi connectivity index (χ1n) is 7.20. The molecular formula is C14H27NO2. The fraction of sp³-hybridized carbons (Fsp3) is 1.00. The smallest absolute Gasteiger partial charge is 0.0771 e. The summed E-state index contributed by atoms with van der Waals surface area (Å²) in [6.07, 6.45) is 10.8. The van der Waals surface area contributed by atoms with Gasteiger partial charge in [0.2, 0.25) is 0 Å². The molecule has 0 saturated heterocycles. The predicted octanol–water partition coefficient (Wildman–Crippen LogP) is 2.23. The second-order valence-electron chi connectivity index (χ2n) is 5.89. The quantitative estimate of drug-likeness (QED) is 0.742. The maximum Gasteiger partial charge on any atom is 0.0771 e. The molecule has 2 rings (SSSR count). The molecule has 17 heavy (non-hydrogen) atoms. The highest BCUT2D eigenvalue weighted by molar-refractivity contribution is 4.87. The van der Waals surface area contributed by atoms with Crippen molar-refractivity contribution in [1.29, 1.82) is 0 Å². The standard InChI is InChI=1S/C14H27NO2/c1-17-13-7-6-12(10-13)15-11-14(16)8-4-2-3-5-9-14/h12-13,15-16H,2-11H2,1H3. The fourth-order valence-electron chi connectivity index (χ4n) is 3.24. The monoisotopic (exact) mass is 241 g/mol. The Hall–Kier alpha value is -0.120. The molecule has 3 nitrogen and oxygen atoms in total. The van der Waals surface area contributed by atoms with Crippen LogP contribution in [0.25, 0.3) is 0 Å². The van der Waals surface area contributed by atoms with Crippen LogP contribution >= 0.6 is 0 Å². The van der Waals surface area contributed by atoms with Crippen LogP contribution in [0.3, 0.4) is 0 Å². The topological polar surface area (TPSA) is 41.5 Å². The third-order valence-electron chi connectivity index (χ3n) is 4.47. The Morgan fingerprint density at radius 2 is 1.88 bits per heavy atom. The number of hydrogen-bond acceptors (Lipinski definition) is 3. The fourth-order valence-corrected chi connectivity index (χ4v) is 3.24. The molecule has 2 saturated carbocycles. The molecule has 2 unspecified atom stereocenters. The first kappa shape index (κ1) is 13.3. The minimum atomic E-state index is -0.443. The highest BCUT2D eigenvalue weighted by Gasteiger charge is 2.30. The predicted molar refractivity (Wildman–Crippen MR) is 69.1 cm³/mol. The van der Waals surface area contributed by atoms with Crippen LogP contribution in [0.4, 0.5) is 0 Å². The van der Waals surface area contributed by atoms with Crippen LogP contribution in [-0.4, -0.2) is 36.5 Å². The van der Waals surface area contributed by atoms with Crippen molar-refractivity contribution in [3.63, 3.8) is 0 Å². The SMILES string of the molecule is COC1CCC(NCC2(O)CCCCCC2)C1. The van der Waals surface area contributed by atoms with E-state index in [0.29, 0.717) is 12.1 Å². The van der Waals surface area contributed by atoms with Crippen LogP contribution in [0.15, 0.2) is 0 Å². The summed E-state index contributed by atoms with van der Waals surface area (Å²) in [7, 11) is 1.80. The molecule has 2 aliphatic carbocycles. The van der Waals surface area contributed by atoms with Crippen molar-refractivity contribution in [2.75, 3.05) is 13.7 Å². The van der Waals surface area contributed by atoms with Gasteiger partial charge in [-0.05, 0) is 32.1 Å². The highest BCUT2D eigenvalue weighted by atomic mass is 16.5. The molecular weight excluding hydrogens is 214 g/mol. The van der Waals surface area contributed by atoms with Gasteiger partial charge in [-0.15, -0.1) is 0 Å². The molecule has 0 bridgehead atoms. The summed E-state index contributed by atoms with van der Waals surface area (Å²) in [6, 6.07) is 0.548. The highest BCUT2D eigenvalue weighted by Crippen LogP contribution is 2.27. The lowest BCUT2D eigenvalue weighted by Crippen LogP contribution is -2.43. The maximum absolute atomic E-state index is 10.5. The Labute approximate surface area is 105 Å². The normalized spacial score (nSPS) is 33.5. The van der Waals surface area contributed by atoms with Crippen molar-refractivity contribution in [1.82, 2.24) is 5.32 Å². The Bertz CT molecular complexity index is 224. The van der Waals surface area contributed by atoms with Gasteiger partial charge in [0.25, 0.3) is 0 Å². The maximum atomic E-state index is 10.5. The molecule has 2 fully saturated rings. The molecule has 2 atom stereocenters. The number of rotatable bonds is 4. The van der Waals surface area contributed by atoms with Crippen LogP contribution in [0.1, 0.15) is 57.8 Å². The Kier molecular flexibility index (Phi) is 4.83. The summed E-state index contributed by atoms with van der Waals surface area (Å²) >= 11 is 0. The largest absolute Gasteiger partial charge is 0.389 e. The summed E-state index contributed by atoms with van der Waals surface area (Å²) in [5, 5.41) is 14.1. The Morgan fingerprint density at radius 3 is 2.47 bits per heavy atom. The number of hydrogen-bond donors (Lipinski definition) is 2. The van der Waals surface area contributed by atoms with E-state index in [4.69, 9.17) is 4.74 Å². The van der Waals surface area contributed by atoms with E-state index in [2.05, 4.69) is 5.32 Å². The number of methoxy groups -OCH3 is 1. The van der Waals surface area contributed by atoms with Gasteiger partial charge in [0.1, 0.15) is 0 Å². The van der Waals surface area contributed by atoms with E-state index in [1.165, 1.54) is 32.1 Å². The lowest BCUT2D eigenvalue weighted by molar-refractivity contribution is 0.0221. The molecule has 0 amide bonds. The minimum Gasteiger partial charge on any atom is -0.389 e. The van der Waals surface area contributed by atoms with Crippen LogP contribution in [0.5, 0.6) is 0 Å². The molecule has 0 radical (unpaired) electrons. The van der Waals surface area contributed by atoms with E-state index in [-0.39, 0.29) is 0 Å². The third kappa shape index (κ3) is 3.94. The van der Waals surface area contributed by atoms with Crippen LogP contribution < -0.4 is 5.32 Å². The summed E-state index contributed by atoms with van der Waals surface area (Å²) in [4.78, 5) is 0. The Balaban J connectivity index is 1.73. The molecule has 3 heteroatoms. The van der Waals surface area contributed by atoms with E-state index < -0.39 is 5.60 Å². The molecule has 2 aliphatic rings. The van der Waals surface area contributed by atoms with Crippen molar-refractivity contribution in [2.45, 2.75) is 75.5 Å². The average Bonchev–Trinajstić information content (AvgIpc) is 2.69. The van der Waals surface area contributed by atoms with E-state index >= 15 is 0 Å². The van der Waals surface area contributed by atoms with Gasteiger partial charge in [0.05, 0.1) is 11.7 Å². The molecule has 0 aliphatic heterocycles. The zero-order chi connectivity index (χ0) is 12.1.